The van der Waals surface area contributed by atoms with Crippen LogP contribution in [0.5, 0.6) is 0 Å². The highest BCUT2D eigenvalue weighted by Crippen LogP contribution is 2.17. The van der Waals surface area contributed by atoms with E-state index in [1.807, 2.05) is 57.2 Å². The van der Waals surface area contributed by atoms with Crippen molar-refractivity contribution < 1.29 is 4.79 Å². The van der Waals surface area contributed by atoms with Gasteiger partial charge in [-0.3, -0.25) is 0 Å². The number of aryl methyl sites for hydroxylation is 2. The van der Waals surface area contributed by atoms with E-state index in [2.05, 4.69) is 16.7 Å². The Bertz CT molecular complexity index is 630. The summed E-state index contributed by atoms with van der Waals surface area (Å²) in [5.74, 6) is 0. The number of carbonyl (C=O) groups excluding carboxylic acids is 1. The zero-order chi connectivity index (χ0) is 15.4. The fourth-order valence-electron chi connectivity index (χ4n) is 2.24. The minimum atomic E-state index is -0.262. The molecule has 4 nitrogen and oxygen atoms in total. The number of carbonyl (C=O) groups is 1. The number of anilines is 2. The van der Waals surface area contributed by atoms with Gasteiger partial charge in [0.15, 0.2) is 0 Å². The molecule has 2 rings (SSSR count). The van der Waals surface area contributed by atoms with Crippen LogP contribution in [0.3, 0.4) is 0 Å². The molecule has 1 atom stereocenters. The third-order valence-electron chi connectivity index (χ3n) is 3.15. The van der Waals surface area contributed by atoms with Crippen molar-refractivity contribution in [2.24, 2.45) is 5.73 Å². The molecule has 0 aliphatic rings. The first-order valence-electron chi connectivity index (χ1n) is 6.96. The van der Waals surface area contributed by atoms with Gasteiger partial charge in [0.2, 0.25) is 0 Å². The van der Waals surface area contributed by atoms with Crippen molar-refractivity contribution in [2.75, 3.05) is 10.6 Å². The maximum Gasteiger partial charge on any atom is 0.323 e. The highest BCUT2D eigenvalue weighted by molar-refractivity contribution is 5.99. The molecule has 4 N–H and O–H groups in total. The smallest absolute Gasteiger partial charge is 0.323 e. The largest absolute Gasteiger partial charge is 0.324 e. The lowest BCUT2D eigenvalue weighted by atomic mass is 10.1. The lowest BCUT2D eigenvalue weighted by Crippen LogP contribution is -2.19. The molecule has 0 saturated heterocycles. The Morgan fingerprint density at radius 3 is 2.24 bits per heavy atom. The highest BCUT2D eigenvalue weighted by Gasteiger charge is 2.05. The van der Waals surface area contributed by atoms with Gasteiger partial charge in [-0.2, -0.15) is 0 Å². The molecule has 2 amide bonds. The Morgan fingerprint density at radius 1 is 1.00 bits per heavy atom. The summed E-state index contributed by atoms with van der Waals surface area (Å²) in [4.78, 5) is 12.0. The molecule has 0 bridgehead atoms. The van der Waals surface area contributed by atoms with Crippen LogP contribution in [0.4, 0.5) is 16.2 Å². The van der Waals surface area contributed by atoms with Crippen LogP contribution in [0.25, 0.3) is 0 Å². The van der Waals surface area contributed by atoms with Gasteiger partial charge in [0.1, 0.15) is 0 Å². The van der Waals surface area contributed by atoms with Gasteiger partial charge in [0.05, 0.1) is 0 Å². The normalized spacial score (nSPS) is 11.8. The molecule has 0 saturated carbocycles. The average molecular weight is 283 g/mol. The summed E-state index contributed by atoms with van der Waals surface area (Å²) in [6.07, 6.45) is 0. The van der Waals surface area contributed by atoms with Gasteiger partial charge in [0.25, 0.3) is 0 Å². The molecule has 0 aliphatic carbocycles. The topological polar surface area (TPSA) is 67.2 Å². The molecule has 1 unspecified atom stereocenters. The maximum absolute atomic E-state index is 12.0. The molecular formula is C17H21N3O. The van der Waals surface area contributed by atoms with Gasteiger partial charge in [-0.1, -0.05) is 18.2 Å². The summed E-state index contributed by atoms with van der Waals surface area (Å²) in [5.41, 5.74) is 10.6. The fourth-order valence-corrected chi connectivity index (χ4v) is 2.24. The van der Waals surface area contributed by atoms with E-state index < -0.39 is 0 Å². The zero-order valence-corrected chi connectivity index (χ0v) is 12.6. The van der Waals surface area contributed by atoms with Gasteiger partial charge in [-0.05, 0) is 61.7 Å². The van der Waals surface area contributed by atoms with Crippen LogP contribution in [0.2, 0.25) is 0 Å². The molecule has 2 aromatic rings. The number of hydrogen-bond acceptors (Lipinski definition) is 2. The Labute approximate surface area is 125 Å². The highest BCUT2D eigenvalue weighted by atomic mass is 16.2. The van der Waals surface area contributed by atoms with Gasteiger partial charge >= 0.3 is 6.03 Å². The summed E-state index contributed by atoms with van der Waals surface area (Å²) in [7, 11) is 0. The molecule has 0 heterocycles. The van der Waals surface area contributed by atoms with Crippen LogP contribution < -0.4 is 16.4 Å². The van der Waals surface area contributed by atoms with Crippen LogP contribution >= 0.6 is 0 Å². The quantitative estimate of drug-likeness (QED) is 0.798. The Morgan fingerprint density at radius 2 is 1.62 bits per heavy atom. The number of hydrogen-bond donors (Lipinski definition) is 3. The van der Waals surface area contributed by atoms with E-state index in [-0.39, 0.29) is 12.1 Å². The first kappa shape index (κ1) is 15.1. The number of urea groups is 1. The number of nitrogens with one attached hydrogen (secondary N) is 2. The van der Waals surface area contributed by atoms with Gasteiger partial charge < -0.3 is 16.4 Å². The van der Waals surface area contributed by atoms with Crippen molar-refractivity contribution in [3.05, 3.63) is 59.2 Å². The average Bonchev–Trinajstić information content (AvgIpc) is 2.37. The van der Waals surface area contributed by atoms with Crippen LogP contribution in [0, 0.1) is 13.8 Å². The van der Waals surface area contributed by atoms with Crippen molar-refractivity contribution in [2.45, 2.75) is 26.8 Å². The van der Waals surface area contributed by atoms with Crippen molar-refractivity contribution in [1.82, 2.24) is 0 Å². The second kappa shape index (κ2) is 6.41. The molecule has 0 radical (unpaired) electrons. The summed E-state index contributed by atoms with van der Waals surface area (Å²) >= 11 is 0. The van der Waals surface area contributed by atoms with E-state index in [4.69, 9.17) is 5.73 Å². The third-order valence-corrected chi connectivity index (χ3v) is 3.15. The van der Waals surface area contributed by atoms with E-state index in [1.54, 1.807) is 0 Å². The Kier molecular flexibility index (Phi) is 4.60. The number of amides is 2. The fraction of sp³-hybridized carbons (Fsp3) is 0.235. The van der Waals surface area contributed by atoms with Crippen LogP contribution in [-0.4, -0.2) is 6.03 Å². The van der Waals surface area contributed by atoms with Gasteiger partial charge in [-0.15, -0.1) is 0 Å². The predicted octanol–water partition coefficient (Wildman–Crippen LogP) is 3.97. The molecule has 21 heavy (non-hydrogen) atoms. The van der Waals surface area contributed by atoms with Gasteiger partial charge in [-0.25, -0.2) is 4.79 Å². The third kappa shape index (κ3) is 4.33. The zero-order valence-electron chi connectivity index (χ0n) is 12.6. The summed E-state index contributed by atoms with van der Waals surface area (Å²) in [6.45, 7) is 5.92. The van der Waals surface area contributed by atoms with E-state index in [9.17, 15) is 4.79 Å². The number of nitrogens with two attached hydrogens (primary N) is 1. The number of benzene rings is 2. The first-order valence-corrected chi connectivity index (χ1v) is 6.96. The summed E-state index contributed by atoms with van der Waals surface area (Å²) in [6, 6.07) is 13.2. The molecule has 0 aliphatic heterocycles. The number of rotatable bonds is 3. The van der Waals surface area contributed by atoms with Crippen LogP contribution in [0.1, 0.15) is 29.7 Å². The Hall–Kier alpha value is -2.33. The first-order chi connectivity index (χ1) is 9.94. The van der Waals surface area contributed by atoms with Crippen molar-refractivity contribution in [1.29, 1.82) is 0 Å². The molecule has 2 aromatic carbocycles. The molecule has 110 valence electrons. The minimum absolute atomic E-state index is 0.0609. The summed E-state index contributed by atoms with van der Waals surface area (Å²) in [5, 5.41) is 5.66. The van der Waals surface area contributed by atoms with E-state index >= 15 is 0 Å². The standard InChI is InChI=1S/C17H21N3O/c1-11-7-12(2)9-16(8-11)20-17(21)19-15-6-4-5-14(10-15)13(3)18/h4-10,13H,18H2,1-3H3,(H2,19,20,21). The maximum atomic E-state index is 12.0. The molecule has 4 heteroatoms. The van der Waals surface area contributed by atoms with E-state index in [1.165, 1.54) is 0 Å². The van der Waals surface area contributed by atoms with Gasteiger partial charge in [0, 0.05) is 17.4 Å². The molecule has 0 spiro atoms. The summed E-state index contributed by atoms with van der Waals surface area (Å²) < 4.78 is 0. The second-order valence-electron chi connectivity index (χ2n) is 5.37. The lowest BCUT2D eigenvalue weighted by Gasteiger charge is -2.11. The molecule has 0 fully saturated rings. The second-order valence-corrected chi connectivity index (χ2v) is 5.37. The van der Waals surface area contributed by atoms with E-state index in [0.29, 0.717) is 0 Å². The predicted molar refractivity (Wildman–Crippen MR) is 87.6 cm³/mol. The monoisotopic (exact) mass is 283 g/mol. The molecular weight excluding hydrogens is 262 g/mol. The van der Waals surface area contributed by atoms with Crippen molar-refractivity contribution >= 4 is 17.4 Å². The minimum Gasteiger partial charge on any atom is -0.324 e. The Balaban J connectivity index is 2.06. The lowest BCUT2D eigenvalue weighted by molar-refractivity contribution is 0.262. The van der Waals surface area contributed by atoms with Crippen LogP contribution in [-0.2, 0) is 0 Å². The van der Waals surface area contributed by atoms with Crippen molar-refractivity contribution in [3.63, 3.8) is 0 Å². The SMILES string of the molecule is Cc1cc(C)cc(NC(=O)Nc2cccc(C(C)N)c2)c1. The van der Waals surface area contributed by atoms with Crippen molar-refractivity contribution in [3.8, 4) is 0 Å². The molecule has 0 aromatic heterocycles. The van der Waals surface area contributed by atoms with E-state index in [0.717, 1.165) is 28.1 Å². The van der Waals surface area contributed by atoms with Crippen LogP contribution in [0.15, 0.2) is 42.5 Å².